The highest BCUT2D eigenvalue weighted by Gasteiger charge is 2.37. The lowest BCUT2D eigenvalue weighted by atomic mass is 9.91. The van der Waals surface area contributed by atoms with Crippen LogP contribution in [0.2, 0.25) is 0 Å². The van der Waals surface area contributed by atoms with Crippen molar-refractivity contribution in [1.29, 1.82) is 0 Å². The lowest BCUT2D eigenvalue weighted by Gasteiger charge is -2.45. The molecule has 0 fully saturated rings. The van der Waals surface area contributed by atoms with E-state index in [0.717, 1.165) is 8.97 Å². The normalized spacial score (nSPS) is 14.8. The topological polar surface area (TPSA) is 0 Å². The number of nitrogens with zero attached hydrogens (tertiary/aromatic N) is 2. The molecule has 1 unspecified atom stereocenters. The number of hydrogen-bond donors (Lipinski definition) is 0. The predicted octanol–water partition coefficient (Wildman–Crippen LogP) is -4.04. The van der Waals surface area contributed by atoms with Gasteiger partial charge in [-0.3, -0.25) is 0 Å². The molecule has 0 rings (SSSR count). The zero-order chi connectivity index (χ0) is 11.8. The second kappa shape index (κ2) is 7.09. The van der Waals surface area contributed by atoms with Gasteiger partial charge in [0.2, 0.25) is 0 Å². The van der Waals surface area contributed by atoms with E-state index in [1.165, 1.54) is 6.42 Å². The first-order valence-electron chi connectivity index (χ1n) is 5.50. The predicted molar refractivity (Wildman–Crippen MR) is 64.2 cm³/mol. The third kappa shape index (κ3) is 6.96. The molecule has 102 valence electrons. The van der Waals surface area contributed by atoms with Crippen molar-refractivity contribution in [2.24, 2.45) is 0 Å². The molecule has 0 heterocycles. The van der Waals surface area contributed by atoms with Crippen LogP contribution in [0.15, 0.2) is 0 Å². The van der Waals surface area contributed by atoms with Crippen LogP contribution in [0.5, 0.6) is 0 Å². The van der Waals surface area contributed by atoms with Gasteiger partial charge >= 0.3 is 0 Å². The standard InChI is InChI=1S/C12H30N2.2HI/c1-11(13(4,5)6)10-12(2,3)14(7,8)9;;/h11H,10H2,1-9H3;2*1H/q+2;;/p-2. The van der Waals surface area contributed by atoms with E-state index >= 15 is 0 Å². The third-order valence-electron chi connectivity index (χ3n) is 3.93. The lowest BCUT2D eigenvalue weighted by Crippen LogP contribution is -3.00. The maximum absolute atomic E-state index is 2.36. The van der Waals surface area contributed by atoms with Crippen molar-refractivity contribution in [3.8, 4) is 0 Å². The summed E-state index contributed by atoms with van der Waals surface area (Å²) in [6.07, 6.45) is 1.25. The lowest BCUT2D eigenvalue weighted by molar-refractivity contribution is -0.935. The van der Waals surface area contributed by atoms with Crippen molar-refractivity contribution in [3.63, 3.8) is 0 Å². The summed E-state index contributed by atoms with van der Waals surface area (Å²) < 4.78 is 2.07. The Morgan fingerprint density at radius 1 is 0.875 bits per heavy atom. The molecule has 0 radical (unpaired) electrons. The van der Waals surface area contributed by atoms with Gasteiger partial charge < -0.3 is 56.9 Å². The van der Waals surface area contributed by atoms with Crippen molar-refractivity contribution in [3.05, 3.63) is 0 Å². The summed E-state index contributed by atoms with van der Waals surface area (Å²) in [5.74, 6) is 0. The number of hydrogen-bond acceptors (Lipinski definition) is 0. The van der Waals surface area contributed by atoms with Crippen LogP contribution in [0.1, 0.15) is 27.2 Å². The Balaban J connectivity index is -0.000000845. The summed E-state index contributed by atoms with van der Waals surface area (Å²) in [6.45, 7) is 7.07. The second-order valence-electron chi connectivity index (χ2n) is 6.99. The van der Waals surface area contributed by atoms with E-state index in [-0.39, 0.29) is 48.0 Å². The molecule has 0 amide bonds. The minimum atomic E-state index is 0. The van der Waals surface area contributed by atoms with Gasteiger partial charge in [-0.2, -0.15) is 0 Å². The minimum absolute atomic E-state index is 0. The van der Waals surface area contributed by atoms with Crippen molar-refractivity contribution in [2.75, 3.05) is 42.3 Å². The van der Waals surface area contributed by atoms with Gasteiger partial charge in [0.25, 0.3) is 0 Å². The van der Waals surface area contributed by atoms with E-state index in [4.69, 9.17) is 0 Å². The summed E-state index contributed by atoms with van der Waals surface area (Å²) in [7, 11) is 13.7. The first-order valence-corrected chi connectivity index (χ1v) is 5.50. The van der Waals surface area contributed by atoms with Crippen LogP contribution in [0.3, 0.4) is 0 Å². The van der Waals surface area contributed by atoms with E-state index in [9.17, 15) is 0 Å². The summed E-state index contributed by atoms with van der Waals surface area (Å²) in [4.78, 5) is 0. The Kier molecular flexibility index (Phi) is 9.99. The van der Waals surface area contributed by atoms with E-state index in [1.807, 2.05) is 0 Å². The van der Waals surface area contributed by atoms with Crippen LogP contribution in [0, 0.1) is 0 Å². The van der Waals surface area contributed by atoms with Gasteiger partial charge in [-0.05, 0) is 20.8 Å². The van der Waals surface area contributed by atoms with Gasteiger partial charge in [0, 0.05) is 0 Å². The molecule has 0 spiro atoms. The highest BCUT2D eigenvalue weighted by atomic mass is 127. The number of halogens is 2. The van der Waals surface area contributed by atoms with Gasteiger partial charge in [-0.15, -0.1) is 0 Å². The SMILES string of the molecule is CC(CC(C)(C)[N+](C)(C)C)[N+](C)(C)C.[I-].[I-]. The Labute approximate surface area is 137 Å². The van der Waals surface area contributed by atoms with Gasteiger partial charge in [-0.25, -0.2) is 0 Å². The maximum atomic E-state index is 2.36. The molecule has 2 nitrogen and oxygen atoms in total. The second-order valence-corrected chi connectivity index (χ2v) is 6.99. The molecule has 0 aromatic carbocycles. The third-order valence-corrected chi connectivity index (χ3v) is 3.93. The fourth-order valence-corrected chi connectivity index (χ4v) is 1.27. The molecule has 0 bridgehead atoms. The van der Waals surface area contributed by atoms with Gasteiger partial charge in [-0.1, -0.05) is 0 Å². The van der Waals surface area contributed by atoms with Crippen molar-refractivity contribution in [2.45, 2.75) is 38.8 Å². The van der Waals surface area contributed by atoms with E-state index < -0.39 is 0 Å². The zero-order valence-electron chi connectivity index (χ0n) is 12.4. The molecule has 0 aromatic heterocycles. The molecule has 0 saturated carbocycles. The first kappa shape index (κ1) is 22.6. The average molecular weight is 456 g/mol. The van der Waals surface area contributed by atoms with Gasteiger partial charge in [0.05, 0.1) is 60.3 Å². The average Bonchev–Trinajstić information content (AvgIpc) is 1.80. The quantitative estimate of drug-likeness (QED) is 0.299. The number of quaternary nitrogens is 2. The largest absolute Gasteiger partial charge is 1.00 e. The van der Waals surface area contributed by atoms with Crippen LogP contribution < -0.4 is 48.0 Å². The highest BCUT2D eigenvalue weighted by molar-refractivity contribution is 4.72. The van der Waals surface area contributed by atoms with Crippen molar-refractivity contribution in [1.82, 2.24) is 0 Å². The minimum Gasteiger partial charge on any atom is -1.00 e. The zero-order valence-corrected chi connectivity index (χ0v) is 16.7. The Hall–Kier alpha value is 1.38. The van der Waals surface area contributed by atoms with Crippen LogP contribution >= 0.6 is 0 Å². The fourth-order valence-electron chi connectivity index (χ4n) is 1.27. The van der Waals surface area contributed by atoms with Gasteiger partial charge in [0.15, 0.2) is 0 Å². The molecule has 0 N–H and O–H groups in total. The molecular weight excluding hydrogens is 426 g/mol. The van der Waals surface area contributed by atoms with E-state index in [1.54, 1.807) is 0 Å². The van der Waals surface area contributed by atoms with E-state index in [2.05, 4.69) is 63.1 Å². The summed E-state index contributed by atoms with van der Waals surface area (Å²) in [5, 5.41) is 0. The summed E-state index contributed by atoms with van der Waals surface area (Å²) in [5.41, 5.74) is 0.338. The van der Waals surface area contributed by atoms with Crippen LogP contribution in [0.25, 0.3) is 0 Å². The first-order chi connectivity index (χ1) is 5.88. The molecule has 0 saturated heterocycles. The Morgan fingerprint density at radius 2 is 1.19 bits per heavy atom. The molecule has 0 aliphatic heterocycles. The monoisotopic (exact) mass is 456 g/mol. The van der Waals surface area contributed by atoms with Crippen LogP contribution in [0.4, 0.5) is 0 Å². The van der Waals surface area contributed by atoms with Crippen LogP contribution in [-0.2, 0) is 0 Å². The Morgan fingerprint density at radius 3 is 1.38 bits per heavy atom. The molecule has 0 aliphatic rings. The smallest absolute Gasteiger partial charge is 0.0986 e. The number of rotatable bonds is 4. The molecular formula is C12H30I2N2. The molecule has 0 aliphatic carbocycles. The van der Waals surface area contributed by atoms with Gasteiger partial charge in [0.1, 0.15) is 0 Å². The maximum Gasteiger partial charge on any atom is 0.0986 e. The summed E-state index contributed by atoms with van der Waals surface area (Å²) in [6, 6.07) is 0.697. The summed E-state index contributed by atoms with van der Waals surface area (Å²) >= 11 is 0. The molecule has 4 heteroatoms. The van der Waals surface area contributed by atoms with E-state index in [0.29, 0.717) is 11.6 Å². The van der Waals surface area contributed by atoms with Crippen molar-refractivity contribution >= 4 is 0 Å². The molecule has 1 atom stereocenters. The van der Waals surface area contributed by atoms with Crippen LogP contribution in [-0.4, -0.2) is 62.8 Å². The molecule has 0 aromatic rings. The Bertz CT molecular complexity index is 190. The molecule has 16 heavy (non-hydrogen) atoms. The fraction of sp³-hybridized carbons (Fsp3) is 1.00. The van der Waals surface area contributed by atoms with Crippen molar-refractivity contribution < 1.29 is 56.9 Å². The highest BCUT2D eigenvalue weighted by Crippen LogP contribution is 2.26.